The highest BCUT2D eigenvalue weighted by atomic mass is 16.5. The van der Waals surface area contributed by atoms with Crippen LogP contribution in [0.25, 0.3) is 0 Å². The summed E-state index contributed by atoms with van der Waals surface area (Å²) >= 11 is 0. The second-order valence-corrected chi connectivity index (χ2v) is 6.19. The van der Waals surface area contributed by atoms with Crippen molar-refractivity contribution in [2.45, 2.75) is 39.7 Å². The summed E-state index contributed by atoms with van der Waals surface area (Å²) in [5.41, 5.74) is 1.25. The predicted molar refractivity (Wildman–Crippen MR) is 82.5 cm³/mol. The Labute approximate surface area is 122 Å². The van der Waals surface area contributed by atoms with Gasteiger partial charge in [-0.3, -0.25) is 0 Å². The lowest BCUT2D eigenvalue weighted by Gasteiger charge is -2.17. The minimum Gasteiger partial charge on any atom is -0.493 e. The zero-order valence-electron chi connectivity index (χ0n) is 13.1. The first-order chi connectivity index (χ1) is 9.60. The Bertz CT molecular complexity index is 427. The van der Waals surface area contributed by atoms with Gasteiger partial charge in [0.15, 0.2) is 11.5 Å². The van der Waals surface area contributed by atoms with Gasteiger partial charge in [0.2, 0.25) is 0 Å². The Kier molecular flexibility index (Phi) is 5.30. The van der Waals surface area contributed by atoms with E-state index in [0.717, 1.165) is 24.0 Å². The topological polar surface area (TPSA) is 30.5 Å². The second kappa shape index (κ2) is 6.98. The number of ether oxygens (including phenoxy) is 2. The molecule has 1 N–H and O–H groups in total. The van der Waals surface area contributed by atoms with Gasteiger partial charge in [-0.1, -0.05) is 19.9 Å². The molecule has 0 spiro atoms. The van der Waals surface area contributed by atoms with Crippen LogP contribution in [0.2, 0.25) is 0 Å². The molecular weight excluding hydrogens is 250 g/mol. The molecule has 0 aromatic heterocycles. The number of nitrogens with one attached hydrogen (secondary N) is 1. The smallest absolute Gasteiger partial charge is 0.161 e. The van der Waals surface area contributed by atoms with Gasteiger partial charge in [0.1, 0.15) is 0 Å². The monoisotopic (exact) mass is 277 g/mol. The normalized spacial score (nSPS) is 16.2. The van der Waals surface area contributed by atoms with Crippen LogP contribution in [0.3, 0.4) is 0 Å². The van der Waals surface area contributed by atoms with Gasteiger partial charge in [-0.05, 0) is 55.8 Å². The summed E-state index contributed by atoms with van der Waals surface area (Å²) < 4.78 is 11.2. The molecule has 20 heavy (non-hydrogen) atoms. The second-order valence-electron chi connectivity index (χ2n) is 6.19. The highest BCUT2D eigenvalue weighted by Crippen LogP contribution is 2.32. The highest BCUT2D eigenvalue weighted by molar-refractivity contribution is 5.43. The van der Waals surface area contributed by atoms with Gasteiger partial charge in [0, 0.05) is 6.04 Å². The van der Waals surface area contributed by atoms with Gasteiger partial charge >= 0.3 is 0 Å². The fourth-order valence-corrected chi connectivity index (χ4v) is 2.11. The molecule has 1 atom stereocenters. The summed E-state index contributed by atoms with van der Waals surface area (Å²) in [6, 6.07) is 6.58. The molecule has 0 aliphatic heterocycles. The summed E-state index contributed by atoms with van der Waals surface area (Å²) in [4.78, 5) is 0. The van der Waals surface area contributed by atoms with Crippen LogP contribution in [-0.4, -0.2) is 20.3 Å². The first-order valence-electron chi connectivity index (χ1n) is 7.64. The van der Waals surface area contributed by atoms with E-state index in [-0.39, 0.29) is 0 Å². The van der Waals surface area contributed by atoms with Gasteiger partial charge in [0.25, 0.3) is 0 Å². The lowest BCUT2D eigenvalue weighted by Crippen LogP contribution is -2.21. The molecule has 1 aliphatic carbocycles. The summed E-state index contributed by atoms with van der Waals surface area (Å²) in [7, 11) is 1.70. The van der Waals surface area contributed by atoms with E-state index in [0.29, 0.717) is 18.6 Å². The largest absolute Gasteiger partial charge is 0.493 e. The van der Waals surface area contributed by atoms with E-state index in [9.17, 15) is 0 Å². The molecule has 1 saturated carbocycles. The Morgan fingerprint density at radius 2 is 1.95 bits per heavy atom. The quantitative estimate of drug-likeness (QED) is 0.784. The summed E-state index contributed by atoms with van der Waals surface area (Å²) in [6.45, 7) is 8.32. The molecule has 2 rings (SSSR count). The van der Waals surface area contributed by atoms with E-state index in [1.165, 1.54) is 18.4 Å². The minimum absolute atomic E-state index is 0.351. The third-order valence-electron chi connectivity index (χ3n) is 3.67. The van der Waals surface area contributed by atoms with Crippen molar-refractivity contribution in [1.29, 1.82) is 0 Å². The average molecular weight is 277 g/mol. The van der Waals surface area contributed by atoms with Crippen LogP contribution in [0.5, 0.6) is 11.5 Å². The molecule has 1 fully saturated rings. The standard InChI is InChI=1S/C17H27NO2/c1-12(2)11-20-16-8-7-15(9-17(16)19-4)13(3)18-10-14-5-6-14/h7-9,12-14,18H,5-6,10-11H2,1-4H3. The molecule has 0 saturated heterocycles. The Morgan fingerprint density at radius 3 is 2.55 bits per heavy atom. The molecule has 0 radical (unpaired) electrons. The van der Waals surface area contributed by atoms with E-state index in [1.54, 1.807) is 7.11 Å². The number of hydrogen-bond acceptors (Lipinski definition) is 3. The van der Waals surface area contributed by atoms with Crippen molar-refractivity contribution < 1.29 is 9.47 Å². The molecule has 3 heteroatoms. The van der Waals surface area contributed by atoms with Crippen LogP contribution >= 0.6 is 0 Å². The Morgan fingerprint density at radius 1 is 1.20 bits per heavy atom. The van der Waals surface area contributed by atoms with Gasteiger partial charge in [-0.2, -0.15) is 0 Å². The third kappa shape index (κ3) is 4.41. The van der Waals surface area contributed by atoms with Crippen molar-refractivity contribution in [2.24, 2.45) is 11.8 Å². The van der Waals surface area contributed by atoms with Crippen LogP contribution in [0.1, 0.15) is 45.2 Å². The molecule has 3 nitrogen and oxygen atoms in total. The van der Waals surface area contributed by atoms with Gasteiger partial charge in [-0.25, -0.2) is 0 Å². The first kappa shape index (κ1) is 15.2. The third-order valence-corrected chi connectivity index (χ3v) is 3.67. The van der Waals surface area contributed by atoms with Gasteiger partial charge < -0.3 is 14.8 Å². The van der Waals surface area contributed by atoms with Gasteiger partial charge in [-0.15, -0.1) is 0 Å². The van der Waals surface area contributed by atoms with Crippen molar-refractivity contribution in [2.75, 3.05) is 20.3 Å². The predicted octanol–water partition coefficient (Wildman–Crippen LogP) is 3.79. The molecule has 0 bridgehead atoms. The minimum atomic E-state index is 0.351. The molecule has 112 valence electrons. The van der Waals surface area contributed by atoms with Crippen molar-refractivity contribution in [3.8, 4) is 11.5 Å². The molecular formula is C17H27NO2. The number of hydrogen-bond donors (Lipinski definition) is 1. The maximum absolute atomic E-state index is 5.79. The number of methoxy groups -OCH3 is 1. The lowest BCUT2D eigenvalue weighted by atomic mass is 10.1. The molecule has 1 unspecified atom stereocenters. The van der Waals surface area contributed by atoms with Crippen LogP contribution < -0.4 is 14.8 Å². The zero-order valence-corrected chi connectivity index (χ0v) is 13.1. The van der Waals surface area contributed by atoms with Crippen molar-refractivity contribution >= 4 is 0 Å². The van der Waals surface area contributed by atoms with Crippen LogP contribution in [0.15, 0.2) is 18.2 Å². The molecule has 1 aromatic carbocycles. The molecule has 1 aliphatic rings. The number of benzene rings is 1. The van der Waals surface area contributed by atoms with E-state index in [2.05, 4.69) is 38.2 Å². The molecule has 0 amide bonds. The van der Waals surface area contributed by atoms with Crippen molar-refractivity contribution in [1.82, 2.24) is 5.32 Å². The van der Waals surface area contributed by atoms with E-state index in [1.807, 2.05) is 6.07 Å². The maximum Gasteiger partial charge on any atom is 0.161 e. The fraction of sp³-hybridized carbons (Fsp3) is 0.647. The van der Waals surface area contributed by atoms with Crippen molar-refractivity contribution in [3.63, 3.8) is 0 Å². The first-order valence-corrected chi connectivity index (χ1v) is 7.64. The summed E-state index contributed by atoms with van der Waals surface area (Å²) in [6.07, 6.45) is 2.76. The van der Waals surface area contributed by atoms with E-state index < -0.39 is 0 Å². The zero-order chi connectivity index (χ0) is 14.5. The van der Waals surface area contributed by atoms with Crippen molar-refractivity contribution in [3.05, 3.63) is 23.8 Å². The number of rotatable bonds is 8. The summed E-state index contributed by atoms with van der Waals surface area (Å²) in [5, 5.41) is 3.59. The molecule has 1 aromatic rings. The SMILES string of the molecule is COc1cc(C(C)NCC2CC2)ccc1OCC(C)C. The van der Waals surface area contributed by atoms with E-state index >= 15 is 0 Å². The van der Waals surface area contributed by atoms with Crippen LogP contribution in [0, 0.1) is 11.8 Å². The van der Waals surface area contributed by atoms with Gasteiger partial charge in [0.05, 0.1) is 13.7 Å². The maximum atomic E-state index is 5.79. The lowest BCUT2D eigenvalue weighted by molar-refractivity contribution is 0.256. The van der Waals surface area contributed by atoms with E-state index in [4.69, 9.17) is 9.47 Å². The Balaban J connectivity index is 1.98. The Hall–Kier alpha value is -1.22. The molecule has 0 heterocycles. The van der Waals surface area contributed by atoms with Crippen LogP contribution in [-0.2, 0) is 0 Å². The van der Waals surface area contributed by atoms with Crippen LogP contribution in [0.4, 0.5) is 0 Å². The fourth-order valence-electron chi connectivity index (χ4n) is 2.11. The highest BCUT2D eigenvalue weighted by Gasteiger charge is 2.21. The average Bonchev–Trinajstić information content (AvgIpc) is 3.26. The summed E-state index contributed by atoms with van der Waals surface area (Å²) in [5.74, 6) is 3.06.